The predicted octanol–water partition coefficient (Wildman–Crippen LogP) is 5.97. The fourth-order valence-corrected chi connectivity index (χ4v) is 6.60. The lowest BCUT2D eigenvalue weighted by Crippen LogP contribution is -2.46. The van der Waals surface area contributed by atoms with Crippen molar-refractivity contribution in [2.45, 2.75) is 62.4 Å². The lowest BCUT2D eigenvalue weighted by molar-refractivity contribution is -0.224. The zero-order valence-corrected chi connectivity index (χ0v) is 31.6. The molecule has 0 saturated carbocycles. The van der Waals surface area contributed by atoms with Gasteiger partial charge in [-0.25, -0.2) is 19.4 Å². The highest BCUT2D eigenvalue weighted by Gasteiger charge is 2.55. The Bertz CT molecular complexity index is 2040. The number of methoxy groups -OCH3 is 1. The molecule has 300 valence electrons. The number of aromatic nitrogens is 1. The van der Waals surface area contributed by atoms with Crippen LogP contribution in [-0.4, -0.2) is 92.4 Å². The van der Waals surface area contributed by atoms with E-state index in [1.807, 2.05) is 60.7 Å². The Morgan fingerprint density at radius 3 is 1.60 bits per heavy atom. The summed E-state index contributed by atoms with van der Waals surface area (Å²) in [6.45, 7) is -0.219. The minimum atomic E-state index is -1.21. The fraction of sp³-hybridized carbons (Fsp3) is 0.289. The van der Waals surface area contributed by atoms with Crippen molar-refractivity contribution in [1.29, 1.82) is 0 Å². The Labute approximate surface area is 335 Å². The topological polar surface area (TPSA) is 147 Å². The highest BCUT2D eigenvalue weighted by Crippen LogP contribution is 2.36. The molecule has 8 atom stereocenters. The molecule has 2 aliphatic rings. The molecule has 0 N–H and O–H groups in total. The van der Waals surface area contributed by atoms with Crippen LogP contribution in [0.1, 0.15) is 42.3 Å². The third-order valence-electron chi connectivity index (χ3n) is 9.52. The Morgan fingerprint density at radius 1 is 0.534 bits per heavy atom. The largest absolute Gasteiger partial charge is 0.459 e. The van der Waals surface area contributed by atoms with E-state index < -0.39 is 67.1 Å². The zero-order chi connectivity index (χ0) is 40.1. The molecule has 2 fully saturated rings. The van der Waals surface area contributed by atoms with Crippen molar-refractivity contribution >= 4 is 17.9 Å². The number of carbonyl (C=O) groups is 3. The lowest BCUT2D eigenvalue weighted by Gasteiger charge is -2.29. The second kappa shape index (κ2) is 20.1. The molecule has 2 aliphatic heterocycles. The van der Waals surface area contributed by atoms with Crippen LogP contribution >= 0.6 is 0 Å². The molecule has 5 aromatic rings. The number of esters is 3. The van der Waals surface area contributed by atoms with Crippen molar-refractivity contribution in [3.63, 3.8) is 0 Å². The molecular weight excluding hydrogens is 746 g/mol. The predicted molar refractivity (Wildman–Crippen MR) is 206 cm³/mol. The molecule has 0 unspecified atom stereocenters. The highest BCUT2D eigenvalue weighted by molar-refractivity contribution is 5.90. The van der Waals surface area contributed by atoms with Gasteiger partial charge in [0.25, 0.3) is 0 Å². The summed E-state index contributed by atoms with van der Waals surface area (Å²) < 4.78 is 55.8. The minimum absolute atomic E-state index is 0.122. The third kappa shape index (κ3) is 10.4. The molecule has 0 spiro atoms. The van der Waals surface area contributed by atoms with Crippen LogP contribution in [0.5, 0.6) is 0 Å². The molecule has 13 heteroatoms. The van der Waals surface area contributed by atoms with Gasteiger partial charge >= 0.3 is 17.9 Å². The van der Waals surface area contributed by atoms with Crippen molar-refractivity contribution < 1.29 is 57.0 Å². The van der Waals surface area contributed by atoms with Crippen molar-refractivity contribution in [1.82, 2.24) is 4.98 Å². The number of hydrogen-bond donors (Lipinski definition) is 0. The van der Waals surface area contributed by atoms with Crippen molar-refractivity contribution in [2.24, 2.45) is 0 Å². The van der Waals surface area contributed by atoms with Gasteiger partial charge < -0.3 is 42.6 Å². The summed E-state index contributed by atoms with van der Waals surface area (Å²) in [7, 11) is 1.40. The van der Waals surface area contributed by atoms with Gasteiger partial charge in [-0.15, -0.1) is 0 Å². The maximum Gasteiger partial charge on any atom is 0.357 e. The Kier molecular flexibility index (Phi) is 14.0. The van der Waals surface area contributed by atoms with Gasteiger partial charge in [-0.3, -0.25) is 0 Å². The molecule has 58 heavy (non-hydrogen) atoms. The van der Waals surface area contributed by atoms with Crippen molar-refractivity contribution in [3.8, 4) is 0 Å². The van der Waals surface area contributed by atoms with Gasteiger partial charge in [0.15, 0.2) is 18.7 Å². The monoisotopic (exact) mass is 789 g/mol. The normalized spacial score (nSPS) is 23.9. The number of ether oxygens (including phenoxy) is 9. The summed E-state index contributed by atoms with van der Waals surface area (Å²) in [6, 6.07) is 41.0. The minimum Gasteiger partial charge on any atom is -0.459 e. The first-order chi connectivity index (χ1) is 28.5. The van der Waals surface area contributed by atoms with E-state index in [1.54, 1.807) is 78.9 Å². The highest BCUT2D eigenvalue weighted by atomic mass is 16.8. The number of benzene rings is 4. The number of carbonyl (C=O) groups excluding carboxylic acids is 3. The zero-order valence-electron chi connectivity index (χ0n) is 31.6. The quantitative estimate of drug-likeness (QED) is 0.0806. The number of pyridine rings is 1. The average Bonchev–Trinajstić information content (AvgIpc) is 3.79. The van der Waals surface area contributed by atoms with Crippen LogP contribution in [0, 0.1) is 0 Å². The van der Waals surface area contributed by atoms with Gasteiger partial charge in [-0.05, 0) is 47.5 Å². The summed E-state index contributed by atoms with van der Waals surface area (Å²) in [6.07, 6.45) is -6.80. The molecule has 0 amide bonds. The fourth-order valence-electron chi connectivity index (χ4n) is 6.60. The van der Waals surface area contributed by atoms with Gasteiger partial charge in [-0.2, -0.15) is 0 Å². The van der Waals surface area contributed by atoms with E-state index in [-0.39, 0.29) is 32.1 Å². The van der Waals surface area contributed by atoms with Gasteiger partial charge in [0, 0.05) is 13.3 Å². The van der Waals surface area contributed by atoms with Crippen LogP contribution in [0.25, 0.3) is 0 Å². The first kappa shape index (κ1) is 40.4. The smallest absolute Gasteiger partial charge is 0.357 e. The molecule has 7 rings (SSSR count). The summed E-state index contributed by atoms with van der Waals surface area (Å²) in [4.78, 5) is 43.8. The molecule has 0 bridgehead atoms. The maximum atomic E-state index is 13.5. The van der Waals surface area contributed by atoms with Crippen molar-refractivity contribution in [3.05, 3.63) is 174 Å². The van der Waals surface area contributed by atoms with E-state index >= 15 is 0 Å². The second-order valence-corrected chi connectivity index (χ2v) is 13.5. The molecule has 13 nitrogen and oxygen atoms in total. The van der Waals surface area contributed by atoms with Crippen molar-refractivity contribution in [2.75, 3.05) is 20.3 Å². The summed E-state index contributed by atoms with van der Waals surface area (Å²) in [5.74, 6) is -1.90. The van der Waals surface area contributed by atoms with E-state index in [2.05, 4.69) is 4.98 Å². The summed E-state index contributed by atoms with van der Waals surface area (Å²) >= 11 is 0. The first-order valence-electron chi connectivity index (χ1n) is 18.8. The Morgan fingerprint density at radius 2 is 1.03 bits per heavy atom. The number of rotatable bonds is 17. The molecule has 0 radical (unpaired) electrons. The number of hydrogen-bond acceptors (Lipinski definition) is 13. The standard InChI is InChI=1S/C45H43NO12/c1-50-44-40(57-42(48)33-22-12-5-13-23-33)38(36(55-44)29-53-41(47)32-20-10-4-11-21-32)58-45-39(52-27-31-18-8-3-9-19-31)37(51-26-30-16-6-2-7-17-30)35(56-45)28-54-43(49)34-24-14-15-25-46-34/h2-25,35-40,44-45H,26-29H2,1H3/t35-,36-,37-,38-,39+,40+,44+,45+/m1/s1. The van der Waals surface area contributed by atoms with Gasteiger partial charge in [-0.1, -0.05) is 103 Å². The molecular formula is C45H43NO12. The van der Waals surface area contributed by atoms with E-state index in [0.29, 0.717) is 11.1 Å². The Balaban J connectivity index is 1.19. The van der Waals surface area contributed by atoms with Crippen LogP contribution in [0.3, 0.4) is 0 Å². The van der Waals surface area contributed by atoms with E-state index in [0.717, 1.165) is 11.1 Å². The van der Waals surface area contributed by atoms with Gasteiger partial charge in [0.1, 0.15) is 49.4 Å². The van der Waals surface area contributed by atoms with Crippen LogP contribution < -0.4 is 0 Å². The van der Waals surface area contributed by atoms with Gasteiger partial charge in [0.05, 0.1) is 24.3 Å². The van der Waals surface area contributed by atoms with E-state index in [4.69, 9.17) is 42.6 Å². The molecule has 3 heterocycles. The number of nitrogens with zero attached hydrogens (tertiary/aromatic N) is 1. The molecule has 0 aliphatic carbocycles. The SMILES string of the molecule is CO[C@H]1O[C@H](COC(=O)c2ccccc2)[C@@H](O[C@@H]2O[C@H](COC(=O)c3ccccn3)[C@@H](OCc3ccccc3)[C@@H]2OCc2ccccc2)[C@@H]1OC(=O)c1ccccc1. The van der Waals surface area contributed by atoms with Crippen LogP contribution in [0.4, 0.5) is 0 Å². The van der Waals surface area contributed by atoms with E-state index in [1.165, 1.54) is 13.3 Å². The van der Waals surface area contributed by atoms with Gasteiger partial charge in [0.2, 0.25) is 0 Å². The second-order valence-electron chi connectivity index (χ2n) is 13.5. The Hall–Kier alpha value is -5.80. The molecule has 1 aromatic heterocycles. The van der Waals surface area contributed by atoms with Crippen LogP contribution in [0.2, 0.25) is 0 Å². The summed E-state index contributed by atoms with van der Waals surface area (Å²) in [5, 5.41) is 0. The summed E-state index contributed by atoms with van der Waals surface area (Å²) in [5.41, 5.74) is 2.51. The van der Waals surface area contributed by atoms with Crippen LogP contribution in [0.15, 0.2) is 146 Å². The maximum absolute atomic E-state index is 13.5. The average molecular weight is 790 g/mol. The van der Waals surface area contributed by atoms with E-state index in [9.17, 15) is 14.4 Å². The van der Waals surface area contributed by atoms with Crippen LogP contribution in [-0.2, 0) is 55.8 Å². The first-order valence-corrected chi connectivity index (χ1v) is 18.8. The molecule has 2 saturated heterocycles. The molecule has 4 aromatic carbocycles. The lowest BCUT2D eigenvalue weighted by atomic mass is 10.1. The third-order valence-corrected chi connectivity index (χ3v) is 9.52.